The van der Waals surface area contributed by atoms with Crippen molar-refractivity contribution in [3.05, 3.63) is 0 Å². The van der Waals surface area contributed by atoms with E-state index < -0.39 is 0 Å². The zero-order valence-corrected chi connectivity index (χ0v) is 12.7. The van der Waals surface area contributed by atoms with Crippen LogP contribution in [0.4, 0.5) is 0 Å². The summed E-state index contributed by atoms with van der Waals surface area (Å²) in [6.45, 7) is 4.49. The molecule has 0 saturated heterocycles. The summed E-state index contributed by atoms with van der Waals surface area (Å²) < 4.78 is 0. The van der Waals surface area contributed by atoms with Crippen molar-refractivity contribution in [3.8, 4) is 0 Å². The Kier molecular flexibility index (Phi) is 8.02. The van der Waals surface area contributed by atoms with Gasteiger partial charge in [0.1, 0.15) is 0 Å². The number of amides is 1. The highest BCUT2D eigenvalue weighted by Gasteiger charge is 2.14. The molecule has 116 valence electrons. The Morgan fingerprint density at radius 3 is 2.65 bits per heavy atom. The van der Waals surface area contributed by atoms with Crippen LogP contribution in [0.15, 0.2) is 4.99 Å². The lowest BCUT2D eigenvalue weighted by atomic mass is 9.96. The molecule has 0 heterocycles. The molecular weight excluding hydrogens is 254 g/mol. The van der Waals surface area contributed by atoms with E-state index in [1.54, 1.807) is 0 Å². The molecule has 6 nitrogen and oxygen atoms in total. The summed E-state index contributed by atoms with van der Waals surface area (Å²) in [7, 11) is 0. The van der Waals surface area contributed by atoms with E-state index in [4.69, 9.17) is 5.84 Å². The van der Waals surface area contributed by atoms with Gasteiger partial charge in [-0.1, -0.05) is 26.2 Å². The van der Waals surface area contributed by atoms with Crippen LogP contribution in [0.2, 0.25) is 0 Å². The number of hydrogen-bond acceptors (Lipinski definition) is 3. The second kappa shape index (κ2) is 9.58. The molecule has 1 aliphatic carbocycles. The van der Waals surface area contributed by atoms with E-state index in [0.29, 0.717) is 25.0 Å². The molecule has 1 saturated carbocycles. The number of carbonyl (C=O) groups is 1. The standard InChI is InChI=1S/C14H29N5O/c1-3-11(2)17-13(20)9-10-16-14(19-15)18-12-7-5-4-6-8-12/h11-12H,3-10,15H2,1-2H3,(H,17,20)(H2,16,18,19). The van der Waals surface area contributed by atoms with Crippen LogP contribution in [0.25, 0.3) is 0 Å². The third kappa shape index (κ3) is 6.75. The third-order valence-corrected chi connectivity index (χ3v) is 3.71. The lowest BCUT2D eigenvalue weighted by Gasteiger charge is -2.24. The number of nitrogens with two attached hydrogens (primary N) is 1. The maximum Gasteiger partial charge on any atom is 0.222 e. The highest BCUT2D eigenvalue weighted by Crippen LogP contribution is 2.17. The van der Waals surface area contributed by atoms with Crippen LogP contribution in [-0.2, 0) is 4.79 Å². The number of aliphatic imine (C=N–C) groups is 1. The summed E-state index contributed by atoms with van der Waals surface area (Å²) in [6, 6.07) is 0.673. The molecule has 0 aromatic heterocycles. The highest BCUT2D eigenvalue weighted by atomic mass is 16.1. The number of hydrogen-bond donors (Lipinski definition) is 4. The van der Waals surface area contributed by atoms with E-state index in [-0.39, 0.29) is 11.9 Å². The molecule has 0 aromatic rings. The summed E-state index contributed by atoms with van der Waals surface area (Å²) in [6.07, 6.45) is 7.48. The number of carbonyl (C=O) groups excluding carboxylic acids is 1. The van der Waals surface area contributed by atoms with E-state index in [1.165, 1.54) is 19.3 Å². The van der Waals surface area contributed by atoms with Gasteiger partial charge in [-0.05, 0) is 26.2 Å². The van der Waals surface area contributed by atoms with Crippen LogP contribution < -0.4 is 21.9 Å². The average molecular weight is 283 g/mol. The van der Waals surface area contributed by atoms with Gasteiger partial charge in [0.05, 0.1) is 6.54 Å². The van der Waals surface area contributed by atoms with Crippen molar-refractivity contribution < 1.29 is 4.79 Å². The Morgan fingerprint density at radius 2 is 2.05 bits per heavy atom. The molecule has 0 bridgehead atoms. The maximum absolute atomic E-state index is 11.6. The van der Waals surface area contributed by atoms with Gasteiger partial charge in [-0.25, -0.2) is 5.84 Å². The van der Waals surface area contributed by atoms with Gasteiger partial charge in [0.2, 0.25) is 11.9 Å². The first kappa shape index (κ1) is 16.8. The SMILES string of the molecule is CCC(C)NC(=O)CCN=C(NN)NC1CCCCC1. The largest absolute Gasteiger partial charge is 0.354 e. The molecule has 1 amide bonds. The van der Waals surface area contributed by atoms with Crippen molar-refractivity contribution >= 4 is 11.9 Å². The lowest BCUT2D eigenvalue weighted by Crippen LogP contribution is -2.47. The summed E-state index contributed by atoms with van der Waals surface area (Å²) in [4.78, 5) is 15.9. The number of rotatable bonds is 6. The van der Waals surface area contributed by atoms with E-state index in [9.17, 15) is 4.79 Å². The molecule has 0 radical (unpaired) electrons. The van der Waals surface area contributed by atoms with Crippen LogP contribution in [0.3, 0.4) is 0 Å². The van der Waals surface area contributed by atoms with Gasteiger partial charge in [0.15, 0.2) is 0 Å². The summed E-state index contributed by atoms with van der Waals surface area (Å²) in [5, 5.41) is 6.24. The number of nitrogens with zero attached hydrogens (tertiary/aromatic N) is 1. The summed E-state index contributed by atoms with van der Waals surface area (Å²) >= 11 is 0. The van der Waals surface area contributed by atoms with Crippen molar-refractivity contribution in [2.75, 3.05) is 6.54 Å². The Hall–Kier alpha value is -1.30. The normalized spacial score (nSPS) is 18.4. The third-order valence-electron chi connectivity index (χ3n) is 3.71. The molecule has 0 aliphatic heterocycles. The Bertz CT molecular complexity index is 313. The Labute approximate surface area is 121 Å². The molecule has 1 atom stereocenters. The smallest absolute Gasteiger partial charge is 0.222 e. The second-order valence-corrected chi connectivity index (χ2v) is 5.48. The Balaban J connectivity index is 2.28. The van der Waals surface area contributed by atoms with Crippen LogP contribution in [-0.4, -0.2) is 30.5 Å². The average Bonchev–Trinajstić information content (AvgIpc) is 2.47. The van der Waals surface area contributed by atoms with Gasteiger partial charge in [0.25, 0.3) is 0 Å². The van der Waals surface area contributed by atoms with Crippen molar-refractivity contribution in [3.63, 3.8) is 0 Å². The minimum Gasteiger partial charge on any atom is -0.354 e. The van der Waals surface area contributed by atoms with Gasteiger partial charge in [-0.2, -0.15) is 0 Å². The quantitative estimate of drug-likeness (QED) is 0.254. The zero-order valence-electron chi connectivity index (χ0n) is 12.7. The molecule has 20 heavy (non-hydrogen) atoms. The zero-order chi connectivity index (χ0) is 14.8. The molecule has 0 aromatic carbocycles. The first-order chi connectivity index (χ1) is 9.65. The monoisotopic (exact) mass is 283 g/mol. The van der Waals surface area contributed by atoms with Gasteiger partial charge < -0.3 is 10.6 Å². The summed E-state index contributed by atoms with van der Waals surface area (Å²) in [5.41, 5.74) is 2.58. The van der Waals surface area contributed by atoms with Crippen LogP contribution in [0.5, 0.6) is 0 Å². The van der Waals surface area contributed by atoms with Crippen molar-refractivity contribution in [2.45, 2.75) is 70.9 Å². The predicted octanol–water partition coefficient (Wildman–Crippen LogP) is 1.03. The van der Waals surface area contributed by atoms with Crippen LogP contribution >= 0.6 is 0 Å². The molecule has 6 heteroatoms. The topological polar surface area (TPSA) is 91.5 Å². The molecular formula is C14H29N5O. The second-order valence-electron chi connectivity index (χ2n) is 5.48. The van der Waals surface area contributed by atoms with E-state index >= 15 is 0 Å². The molecule has 5 N–H and O–H groups in total. The van der Waals surface area contributed by atoms with Crippen LogP contribution in [0.1, 0.15) is 58.8 Å². The van der Waals surface area contributed by atoms with E-state index in [0.717, 1.165) is 19.3 Å². The van der Waals surface area contributed by atoms with E-state index in [1.807, 2.05) is 13.8 Å². The van der Waals surface area contributed by atoms with Gasteiger partial charge in [-0.3, -0.25) is 15.2 Å². The van der Waals surface area contributed by atoms with Gasteiger partial charge in [-0.15, -0.1) is 0 Å². The molecule has 1 rings (SSSR count). The molecule has 1 fully saturated rings. The fourth-order valence-corrected chi connectivity index (χ4v) is 2.29. The van der Waals surface area contributed by atoms with Crippen LogP contribution in [0, 0.1) is 0 Å². The van der Waals surface area contributed by atoms with Gasteiger partial charge >= 0.3 is 0 Å². The minimum atomic E-state index is 0.0390. The highest BCUT2D eigenvalue weighted by molar-refractivity contribution is 5.80. The molecule has 1 unspecified atom stereocenters. The lowest BCUT2D eigenvalue weighted by molar-refractivity contribution is -0.121. The molecule has 1 aliphatic rings. The first-order valence-electron chi connectivity index (χ1n) is 7.72. The molecule has 0 spiro atoms. The van der Waals surface area contributed by atoms with E-state index in [2.05, 4.69) is 21.1 Å². The first-order valence-corrected chi connectivity index (χ1v) is 7.72. The number of guanidine groups is 1. The minimum absolute atomic E-state index is 0.0390. The fraction of sp³-hybridized carbons (Fsp3) is 0.857. The van der Waals surface area contributed by atoms with Gasteiger partial charge in [0, 0.05) is 18.5 Å². The number of hydrazine groups is 1. The fourth-order valence-electron chi connectivity index (χ4n) is 2.29. The maximum atomic E-state index is 11.6. The summed E-state index contributed by atoms with van der Waals surface area (Å²) in [5.74, 6) is 6.10. The van der Waals surface area contributed by atoms with Crippen molar-refractivity contribution in [2.24, 2.45) is 10.8 Å². The van der Waals surface area contributed by atoms with Crippen molar-refractivity contribution in [1.29, 1.82) is 0 Å². The number of nitrogens with one attached hydrogen (secondary N) is 3. The Morgan fingerprint density at radius 1 is 1.35 bits per heavy atom. The van der Waals surface area contributed by atoms with Crippen molar-refractivity contribution in [1.82, 2.24) is 16.1 Å². The predicted molar refractivity (Wildman–Crippen MR) is 82.1 cm³/mol.